The molecule has 3 aromatic rings. The van der Waals surface area contributed by atoms with Gasteiger partial charge in [0.2, 0.25) is 0 Å². The molecule has 23 heavy (non-hydrogen) atoms. The molecule has 0 aliphatic heterocycles. The normalized spacial score (nSPS) is 10.5. The van der Waals surface area contributed by atoms with Crippen LogP contribution in [-0.2, 0) is 6.54 Å². The first kappa shape index (κ1) is 15.0. The zero-order valence-corrected chi connectivity index (χ0v) is 13.2. The first-order valence-corrected chi connectivity index (χ1v) is 7.39. The van der Waals surface area contributed by atoms with Crippen LogP contribution >= 0.6 is 0 Å². The van der Waals surface area contributed by atoms with Crippen molar-refractivity contribution in [2.24, 2.45) is 0 Å². The van der Waals surface area contributed by atoms with Crippen LogP contribution in [0.4, 0.5) is 0 Å². The first-order chi connectivity index (χ1) is 11.1. The summed E-state index contributed by atoms with van der Waals surface area (Å²) in [5, 5.41) is 4.27. The largest absolute Gasteiger partial charge is 0.337 e. The van der Waals surface area contributed by atoms with Crippen LogP contribution in [0.1, 0.15) is 21.5 Å². The predicted molar refractivity (Wildman–Crippen MR) is 88.3 cm³/mol. The van der Waals surface area contributed by atoms with Crippen molar-refractivity contribution >= 4 is 5.91 Å². The van der Waals surface area contributed by atoms with Gasteiger partial charge in [-0.2, -0.15) is 5.10 Å². The maximum atomic E-state index is 12.5. The van der Waals surface area contributed by atoms with Gasteiger partial charge in [-0.3, -0.25) is 9.78 Å². The molecule has 0 aliphatic rings. The number of rotatable bonds is 4. The van der Waals surface area contributed by atoms with Gasteiger partial charge in [-0.1, -0.05) is 6.07 Å². The summed E-state index contributed by atoms with van der Waals surface area (Å²) in [5.41, 5.74) is 3.70. The standard InChI is InChI=1S/C18H18N4O/c1-14-10-20-22(12-14)17-7-5-16(6-8-17)18(23)21(2)13-15-4-3-9-19-11-15/h3-12H,13H2,1-2H3. The number of aromatic nitrogens is 3. The lowest BCUT2D eigenvalue weighted by Crippen LogP contribution is -2.26. The van der Waals surface area contributed by atoms with Gasteiger partial charge < -0.3 is 4.90 Å². The van der Waals surface area contributed by atoms with E-state index in [0.717, 1.165) is 16.8 Å². The van der Waals surface area contributed by atoms with E-state index >= 15 is 0 Å². The van der Waals surface area contributed by atoms with E-state index in [1.807, 2.05) is 49.5 Å². The van der Waals surface area contributed by atoms with E-state index in [9.17, 15) is 4.79 Å². The third kappa shape index (κ3) is 3.45. The molecule has 5 nitrogen and oxygen atoms in total. The van der Waals surface area contributed by atoms with Crippen LogP contribution in [0.2, 0.25) is 0 Å². The molecule has 0 saturated heterocycles. The monoisotopic (exact) mass is 306 g/mol. The number of amides is 1. The molecule has 5 heteroatoms. The molecule has 3 rings (SSSR count). The van der Waals surface area contributed by atoms with Gasteiger partial charge in [0.05, 0.1) is 11.9 Å². The Morgan fingerprint density at radius 3 is 2.57 bits per heavy atom. The second-order valence-corrected chi connectivity index (χ2v) is 5.53. The summed E-state index contributed by atoms with van der Waals surface area (Å²) in [4.78, 5) is 18.2. The number of carbonyl (C=O) groups is 1. The zero-order valence-electron chi connectivity index (χ0n) is 13.2. The summed E-state index contributed by atoms with van der Waals surface area (Å²) >= 11 is 0. The molecular weight excluding hydrogens is 288 g/mol. The summed E-state index contributed by atoms with van der Waals surface area (Å²) < 4.78 is 1.79. The number of hydrogen-bond donors (Lipinski definition) is 0. The van der Waals surface area contributed by atoms with Crippen molar-refractivity contribution in [3.63, 3.8) is 0 Å². The van der Waals surface area contributed by atoms with Crippen molar-refractivity contribution in [3.8, 4) is 5.69 Å². The van der Waals surface area contributed by atoms with E-state index < -0.39 is 0 Å². The van der Waals surface area contributed by atoms with Crippen molar-refractivity contribution in [2.75, 3.05) is 7.05 Å². The molecule has 2 aromatic heterocycles. The Bertz CT molecular complexity index is 793. The van der Waals surface area contributed by atoms with E-state index in [2.05, 4.69) is 10.1 Å². The fourth-order valence-electron chi connectivity index (χ4n) is 2.37. The summed E-state index contributed by atoms with van der Waals surface area (Å²) in [7, 11) is 1.79. The summed E-state index contributed by atoms with van der Waals surface area (Å²) in [6.45, 7) is 2.53. The molecule has 0 aliphatic carbocycles. The van der Waals surface area contributed by atoms with Crippen LogP contribution < -0.4 is 0 Å². The quantitative estimate of drug-likeness (QED) is 0.745. The van der Waals surface area contributed by atoms with E-state index in [1.54, 1.807) is 35.2 Å². The summed E-state index contributed by atoms with van der Waals surface area (Å²) in [6, 6.07) is 11.3. The van der Waals surface area contributed by atoms with E-state index in [4.69, 9.17) is 0 Å². The predicted octanol–water partition coefficient (Wildman–Crippen LogP) is 2.85. The van der Waals surface area contributed by atoms with Gasteiger partial charge >= 0.3 is 0 Å². The number of hydrogen-bond acceptors (Lipinski definition) is 3. The number of aryl methyl sites for hydroxylation is 1. The average Bonchev–Trinajstić information content (AvgIpc) is 3.02. The Hall–Kier alpha value is -2.95. The molecule has 0 fully saturated rings. The third-order valence-electron chi connectivity index (χ3n) is 3.58. The van der Waals surface area contributed by atoms with Crippen LogP contribution in [-0.4, -0.2) is 32.6 Å². The highest BCUT2D eigenvalue weighted by molar-refractivity contribution is 5.94. The second-order valence-electron chi connectivity index (χ2n) is 5.53. The minimum atomic E-state index is -0.0166. The summed E-state index contributed by atoms with van der Waals surface area (Å²) in [5.74, 6) is -0.0166. The second kappa shape index (κ2) is 6.44. The lowest BCUT2D eigenvalue weighted by atomic mass is 10.1. The summed E-state index contributed by atoms with van der Waals surface area (Å²) in [6.07, 6.45) is 7.25. The third-order valence-corrected chi connectivity index (χ3v) is 3.58. The smallest absolute Gasteiger partial charge is 0.253 e. The fraction of sp³-hybridized carbons (Fsp3) is 0.167. The molecule has 0 saturated carbocycles. The minimum absolute atomic E-state index is 0.0166. The maximum Gasteiger partial charge on any atom is 0.253 e. The van der Waals surface area contributed by atoms with Crippen LogP contribution in [0.5, 0.6) is 0 Å². The van der Waals surface area contributed by atoms with Crippen LogP contribution in [0.3, 0.4) is 0 Å². The van der Waals surface area contributed by atoms with Gasteiger partial charge in [0.15, 0.2) is 0 Å². The van der Waals surface area contributed by atoms with Crippen molar-refractivity contribution in [3.05, 3.63) is 77.9 Å². The van der Waals surface area contributed by atoms with Crippen molar-refractivity contribution in [1.29, 1.82) is 0 Å². The zero-order chi connectivity index (χ0) is 16.2. The lowest BCUT2D eigenvalue weighted by molar-refractivity contribution is 0.0785. The van der Waals surface area contributed by atoms with Gasteiger partial charge in [0.25, 0.3) is 5.91 Å². The van der Waals surface area contributed by atoms with Crippen molar-refractivity contribution in [1.82, 2.24) is 19.7 Å². The van der Waals surface area contributed by atoms with Crippen LogP contribution in [0, 0.1) is 6.92 Å². The Labute approximate surface area is 135 Å². The molecule has 1 amide bonds. The van der Waals surface area contributed by atoms with Gasteiger partial charge in [0, 0.05) is 37.7 Å². The molecule has 0 spiro atoms. The first-order valence-electron chi connectivity index (χ1n) is 7.39. The Morgan fingerprint density at radius 1 is 1.17 bits per heavy atom. The Kier molecular flexibility index (Phi) is 4.19. The highest BCUT2D eigenvalue weighted by Crippen LogP contribution is 2.12. The van der Waals surface area contributed by atoms with Gasteiger partial charge in [-0.25, -0.2) is 4.68 Å². The number of nitrogens with zero attached hydrogens (tertiary/aromatic N) is 4. The molecule has 0 radical (unpaired) electrons. The van der Waals surface area contributed by atoms with Gasteiger partial charge in [0.1, 0.15) is 0 Å². The van der Waals surface area contributed by atoms with E-state index in [0.29, 0.717) is 12.1 Å². The average molecular weight is 306 g/mol. The van der Waals surface area contributed by atoms with E-state index in [1.165, 1.54) is 0 Å². The Balaban J connectivity index is 1.72. The highest BCUT2D eigenvalue weighted by Gasteiger charge is 2.12. The van der Waals surface area contributed by atoms with Gasteiger partial charge in [-0.15, -0.1) is 0 Å². The van der Waals surface area contributed by atoms with Crippen molar-refractivity contribution in [2.45, 2.75) is 13.5 Å². The molecule has 0 N–H and O–H groups in total. The SMILES string of the molecule is Cc1cnn(-c2ccc(C(=O)N(C)Cc3cccnc3)cc2)c1. The highest BCUT2D eigenvalue weighted by atomic mass is 16.2. The molecule has 0 bridgehead atoms. The molecular formula is C18H18N4O. The molecule has 0 unspecified atom stereocenters. The molecule has 2 heterocycles. The number of pyridine rings is 1. The van der Waals surface area contributed by atoms with Gasteiger partial charge in [-0.05, 0) is 48.4 Å². The maximum absolute atomic E-state index is 12.5. The molecule has 1 aromatic carbocycles. The number of benzene rings is 1. The fourth-order valence-corrected chi connectivity index (χ4v) is 2.37. The molecule has 0 atom stereocenters. The topological polar surface area (TPSA) is 51.0 Å². The van der Waals surface area contributed by atoms with Crippen LogP contribution in [0.15, 0.2) is 61.2 Å². The van der Waals surface area contributed by atoms with E-state index in [-0.39, 0.29) is 5.91 Å². The molecule has 116 valence electrons. The minimum Gasteiger partial charge on any atom is -0.337 e. The van der Waals surface area contributed by atoms with Crippen LogP contribution in [0.25, 0.3) is 5.69 Å². The van der Waals surface area contributed by atoms with Crippen molar-refractivity contribution < 1.29 is 4.79 Å². The number of carbonyl (C=O) groups excluding carboxylic acids is 1. The lowest BCUT2D eigenvalue weighted by Gasteiger charge is -2.17. The Morgan fingerprint density at radius 2 is 1.96 bits per heavy atom.